The highest BCUT2D eigenvalue weighted by Gasteiger charge is 2.07. The van der Waals surface area contributed by atoms with Gasteiger partial charge in [-0.05, 0) is 36.8 Å². The van der Waals surface area contributed by atoms with E-state index in [1.54, 1.807) is 25.3 Å². The van der Waals surface area contributed by atoms with Crippen molar-refractivity contribution >= 4 is 33.5 Å². The number of thiophene rings is 1. The van der Waals surface area contributed by atoms with Crippen molar-refractivity contribution in [2.75, 3.05) is 13.7 Å². The van der Waals surface area contributed by atoms with Crippen LogP contribution in [0.3, 0.4) is 0 Å². The van der Waals surface area contributed by atoms with Crippen LogP contribution in [0.15, 0.2) is 41.5 Å². The summed E-state index contributed by atoms with van der Waals surface area (Å²) < 4.78 is 10.8. The Hall–Kier alpha value is -3.13. The molecule has 0 saturated heterocycles. The Kier molecular flexibility index (Phi) is 5.87. The predicted molar refractivity (Wildman–Crippen MR) is 105 cm³/mol. The van der Waals surface area contributed by atoms with Crippen molar-refractivity contribution in [1.29, 1.82) is 0 Å². The highest BCUT2D eigenvalue weighted by atomic mass is 32.1. The molecule has 8 heteroatoms. The smallest absolute Gasteiger partial charge is 0.259 e. The maximum atomic E-state index is 12.1. The molecule has 0 radical (unpaired) electrons. The van der Waals surface area contributed by atoms with Crippen molar-refractivity contribution in [1.82, 2.24) is 15.3 Å². The van der Waals surface area contributed by atoms with Crippen LogP contribution >= 0.6 is 11.3 Å². The van der Waals surface area contributed by atoms with Crippen molar-refractivity contribution in [3.63, 3.8) is 0 Å². The number of ether oxygens (including phenoxy) is 2. The standard InChI is InChI=1S/C19H19N3O4S/c1-3-26-15-6-4-12(8-16(15)25-2)5-7-17(23)20-10-13-9-14-18(24)21-11-22-19(14)27-13/h4-9,11H,3,10H2,1-2H3,(H,20,23)(H,21,22,24)/b7-5+. The third-order valence-electron chi connectivity index (χ3n) is 3.74. The van der Waals surface area contributed by atoms with Crippen LogP contribution in [0.5, 0.6) is 11.5 Å². The van der Waals surface area contributed by atoms with Crippen molar-refractivity contribution in [3.05, 3.63) is 57.5 Å². The van der Waals surface area contributed by atoms with Crippen LogP contribution in [0.1, 0.15) is 17.4 Å². The van der Waals surface area contributed by atoms with E-state index >= 15 is 0 Å². The minimum atomic E-state index is -0.234. The molecule has 7 nitrogen and oxygen atoms in total. The van der Waals surface area contributed by atoms with Crippen LogP contribution in [0.2, 0.25) is 0 Å². The van der Waals surface area contributed by atoms with Crippen LogP contribution < -0.4 is 20.3 Å². The molecule has 0 aliphatic rings. The van der Waals surface area contributed by atoms with Gasteiger partial charge in [-0.3, -0.25) is 9.59 Å². The van der Waals surface area contributed by atoms with E-state index < -0.39 is 0 Å². The number of aromatic amines is 1. The summed E-state index contributed by atoms with van der Waals surface area (Å²) in [5.74, 6) is 1.04. The molecule has 2 aromatic heterocycles. The van der Waals surface area contributed by atoms with Crippen molar-refractivity contribution < 1.29 is 14.3 Å². The number of carbonyl (C=O) groups excluding carboxylic acids is 1. The lowest BCUT2D eigenvalue weighted by Gasteiger charge is -2.09. The first-order valence-corrected chi connectivity index (χ1v) is 9.15. The molecule has 0 aliphatic carbocycles. The normalized spacial score (nSPS) is 11.0. The number of carbonyl (C=O) groups is 1. The Balaban J connectivity index is 1.63. The molecule has 0 spiro atoms. The van der Waals surface area contributed by atoms with E-state index in [1.807, 2.05) is 19.1 Å². The topological polar surface area (TPSA) is 93.3 Å². The summed E-state index contributed by atoms with van der Waals surface area (Å²) in [7, 11) is 1.57. The van der Waals surface area contributed by atoms with Gasteiger partial charge in [0.1, 0.15) is 4.83 Å². The largest absolute Gasteiger partial charge is 0.493 e. The number of nitrogens with zero attached hydrogens (tertiary/aromatic N) is 1. The first-order valence-electron chi connectivity index (χ1n) is 8.33. The van der Waals surface area contributed by atoms with Crippen molar-refractivity contribution in [2.45, 2.75) is 13.5 Å². The fourth-order valence-electron chi connectivity index (χ4n) is 2.47. The van der Waals surface area contributed by atoms with Gasteiger partial charge in [-0.15, -0.1) is 11.3 Å². The third kappa shape index (κ3) is 4.53. The lowest BCUT2D eigenvalue weighted by molar-refractivity contribution is -0.116. The van der Waals surface area contributed by atoms with Gasteiger partial charge in [0.2, 0.25) is 5.91 Å². The Labute approximate surface area is 159 Å². The van der Waals surface area contributed by atoms with Crippen LogP contribution in [-0.2, 0) is 11.3 Å². The Morgan fingerprint density at radius 3 is 2.93 bits per heavy atom. The number of aromatic nitrogens is 2. The summed E-state index contributed by atoms with van der Waals surface area (Å²) in [4.78, 5) is 31.9. The number of amides is 1. The molecular formula is C19H19N3O4S. The van der Waals surface area contributed by atoms with Gasteiger partial charge in [-0.25, -0.2) is 4.98 Å². The summed E-state index contributed by atoms with van der Waals surface area (Å²) >= 11 is 1.38. The van der Waals surface area contributed by atoms with Crippen LogP contribution in [-0.4, -0.2) is 29.6 Å². The van der Waals surface area contributed by atoms with Gasteiger partial charge < -0.3 is 19.8 Å². The fourth-order valence-corrected chi connectivity index (χ4v) is 3.41. The highest BCUT2D eigenvalue weighted by molar-refractivity contribution is 7.18. The van der Waals surface area contributed by atoms with E-state index in [4.69, 9.17) is 9.47 Å². The van der Waals surface area contributed by atoms with E-state index in [0.717, 1.165) is 10.4 Å². The first kappa shape index (κ1) is 18.7. The molecule has 3 aromatic rings. The molecule has 0 bridgehead atoms. The molecule has 27 heavy (non-hydrogen) atoms. The van der Waals surface area contributed by atoms with Gasteiger partial charge in [-0.2, -0.15) is 0 Å². The lowest BCUT2D eigenvalue weighted by Crippen LogP contribution is -2.19. The maximum absolute atomic E-state index is 12.1. The summed E-state index contributed by atoms with van der Waals surface area (Å²) in [6.07, 6.45) is 4.52. The molecule has 3 rings (SSSR count). The van der Waals surface area contributed by atoms with Gasteiger partial charge in [-0.1, -0.05) is 6.07 Å². The number of H-pyrrole nitrogens is 1. The Morgan fingerprint density at radius 1 is 1.33 bits per heavy atom. The van der Waals surface area contributed by atoms with E-state index in [0.29, 0.717) is 34.9 Å². The molecule has 1 aromatic carbocycles. The third-order valence-corrected chi connectivity index (χ3v) is 4.78. The lowest BCUT2D eigenvalue weighted by atomic mass is 10.2. The average Bonchev–Trinajstić information content (AvgIpc) is 3.10. The number of fused-ring (bicyclic) bond motifs is 1. The number of hydrogen-bond acceptors (Lipinski definition) is 6. The molecule has 2 heterocycles. The first-order chi connectivity index (χ1) is 13.1. The average molecular weight is 385 g/mol. The molecule has 0 aliphatic heterocycles. The quantitative estimate of drug-likeness (QED) is 0.610. The molecule has 0 unspecified atom stereocenters. The summed E-state index contributed by atoms with van der Waals surface area (Å²) in [5, 5.41) is 3.33. The summed E-state index contributed by atoms with van der Waals surface area (Å²) in [6, 6.07) is 7.20. The van der Waals surface area contributed by atoms with Gasteiger partial charge >= 0.3 is 0 Å². The van der Waals surface area contributed by atoms with Crippen molar-refractivity contribution in [2.24, 2.45) is 0 Å². The predicted octanol–water partition coefficient (Wildman–Crippen LogP) is 2.72. The number of benzene rings is 1. The van der Waals surface area contributed by atoms with E-state index in [1.165, 1.54) is 23.7 Å². The second kappa shape index (κ2) is 8.50. The second-order valence-electron chi connectivity index (χ2n) is 5.56. The van der Waals surface area contributed by atoms with E-state index in [9.17, 15) is 9.59 Å². The molecule has 140 valence electrons. The fraction of sp³-hybridized carbons (Fsp3) is 0.211. The molecular weight excluding hydrogens is 366 g/mol. The van der Waals surface area contributed by atoms with E-state index in [-0.39, 0.29) is 11.5 Å². The van der Waals surface area contributed by atoms with E-state index in [2.05, 4.69) is 15.3 Å². The number of rotatable bonds is 7. The van der Waals surface area contributed by atoms with Gasteiger partial charge in [0.25, 0.3) is 5.56 Å². The molecule has 2 N–H and O–H groups in total. The molecule has 0 fully saturated rings. The second-order valence-corrected chi connectivity index (χ2v) is 6.67. The van der Waals surface area contributed by atoms with Crippen LogP contribution in [0, 0.1) is 0 Å². The number of nitrogens with one attached hydrogen (secondary N) is 2. The zero-order valence-electron chi connectivity index (χ0n) is 14.9. The van der Waals surface area contributed by atoms with Crippen LogP contribution in [0.25, 0.3) is 16.3 Å². The number of hydrogen-bond donors (Lipinski definition) is 2. The van der Waals surface area contributed by atoms with Crippen molar-refractivity contribution in [3.8, 4) is 11.5 Å². The Morgan fingerprint density at radius 2 is 2.19 bits per heavy atom. The van der Waals surface area contributed by atoms with Gasteiger partial charge in [0.05, 0.1) is 32.0 Å². The van der Waals surface area contributed by atoms with Gasteiger partial charge in [0, 0.05) is 11.0 Å². The molecule has 1 amide bonds. The Bertz CT molecular complexity index is 1040. The maximum Gasteiger partial charge on any atom is 0.259 e. The molecule has 0 saturated carbocycles. The SMILES string of the molecule is CCOc1ccc(/C=C/C(=O)NCc2cc3c(=O)[nH]cnc3s2)cc1OC. The monoisotopic (exact) mass is 385 g/mol. The van der Waals surface area contributed by atoms with Gasteiger partial charge in [0.15, 0.2) is 11.5 Å². The number of methoxy groups -OCH3 is 1. The minimum absolute atomic E-state index is 0.182. The summed E-state index contributed by atoms with van der Waals surface area (Å²) in [6.45, 7) is 2.78. The van der Waals surface area contributed by atoms with Crippen LogP contribution in [0.4, 0.5) is 0 Å². The summed E-state index contributed by atoms with van der Waals surface area (Å²) in [5.41, 5.74) is 0.640. The zero-order chi connectivity index (χ0) is 19.2. The zero-order valence-corrected chi connectivity index (χ0v) is 15.8. The minimum Gasteiger partial charge on any atom is -0.493 e. The highest BCUT2D eigenvalue weighted by Crippen LogP contribution is 2.28. The molecule has 0 atom stereocenters.